The molecule has 0 aromatic heterocycles. The topological polar surface area (TPSA) is 50.8 Å². The molecule has 0 heterocycles. The van der Waals surface area contributed by atoms with Gasteiger partial charge in [0.25, 0.3) is 5.91 Å². The predicted molar refractivity (Wildman–Crippen MR) is 86.9 cm³/mol. The smallest absolute Gasteiger partial charge is 0.262 e. The molecule has 0 aliphatic heterocycles. The summed E-state index contributed by atoms with van der Waals surface area (Å²) in [5.74, 6) is 1.05. The Morgan fingerprint density at radius 2 is 2.10 bits per heavy atom. The molecule has 1 N–H and O–H groups in total. The van der Waals surface area contributed by atoms with E-state index in [0.717, 1.165) is 23.1 Å². The molecule has 1 aromatic rings. The van der Waals surface area contributed by atoms with Crippen LogP contribution in [0, 0.1) is 0 Å². The van der Waals surface area contributed by atoms with E-state index in [1.807, 2.05) is 12.1 Å². The van der Waals surface area contributed by atoms with Gasteiger partial charge < -0.3 is 19.7 Å². The highest BCUT2D eigenvalue weighted by Crippen LogP contribution is 2.37. The Hall–Kier alpha value is -1.27. The van der Waals surface area contributed by atoms with E-state index in [0.29, 0.717) is 11.5 Å². The van der Waals surface area contributed by atoms with Gasteiger partial charge in [-0.1, -0.05) is 6.92 Å². The Balaban J connectivity index is 2.98. The van der Waals surface area contributed by atoms with E-state index in [1.165, 1.54) is 4.90 Å². The second-order valence-electron chi connectivity index (χ2n) is 4.88. The second kappa shape index (κ2) is 8.24. The fraction of sp³-hybridized carbons (Fsp3) is 0.533. The molecule has 0 spiro atoms. The van der Waals surface area contributed by atoms with Crippen molar-refractivity contribution in [1.29, 1.82) is 0 Å². The van der Waals surface area contributed by atoms with E-state index in [1.54, 1.807) is 28.1 Å². The summed E-state index contributed by atoms with van der Waals surface area (Å²) in [7, 11) is 4.99. The largest absolute Gasteiger partial charge is 0.493 e. The number of nitrogens with zero attached hydrogens (tertiary/aromatic N) is 1. The van der Waals surface area contributed by atoms with Crippen molar-refractivity contribution in [3.8, 4) is 11.5 Å². The zero-order chi connectivity index (χ0) is 16.0. The van der Waals surface area contributed by atoms with Crippen LogP contribution in [0.2, 0.25) is 0 Å². The van der Waals surface area contributed by atoms with Gasteiger partial charge in [-0.3, -0.25) is 4.79 Å². The number of amides is 1. The SMILES string of the molecule is CCNCc1cc(Br)c(OC(C)C(=O)N(C)C)c(OC)c1. The third-order valence-corrected chi connectivity index (χ3v) is 3.54. The average molecular weight is 359 g/mol. The lowest BCUT2D eigenvalue weighted by Gasteiger charge is -2.21. The Labute approximate surface area is 134 Å². The van der Waals surface area contributed by atoms with E-state index in [2.05, 4.69) is 28.2 Å². The van der Waals surface area contributed by atoms with Gasteiger partial charge in [0.1, 0.15) is 0 Å². The van der Waals surface area contributed by atoms with E-state index in [4.69, 9.17) is 9.47 Å². The normalized spacial score (nSPS) is 11.9. The number of ether oxygens (including phenoxy) is 2. The molecule has 1 rings (SSSR count). The van der Waals surface area contributed by atoms with Gasteiger partial charge in [-0.2, -0.15) is 0 Å². The summed E-state index contributed by atoms with van der Waals surface area (Å²) in [6.07, 6.45) is -0.579. The van der Waals surface area contributed by atoms with Crippen LogP contribution >= 0.6 is 15.9 Å². The summed E-state index contributed by atoms with van der Waals surface area (Å²) in [6.45, 7) is 5.42. The summed E-state index contributed by atoms with van der Waals surface area (Å²) < 4.78 is 11.9. The number of likely N-dealkylation sites (N-methyl/N-ethyl adjacent to an activating group) is 1. The first-order valence-electron chi connectivity index (χ1n) is 6.85. The van der Waals surface area contributed by atoms with Crippen molar-refractivity contribution in [3.63, 3.8) is 0 Å². The molecule has 118 valence electrons. The van der Waals surface area contributed by atoms with Crippen molar-refractivity contribution in [2.45, 2.75) is 26.5 Å². The number of rotatable bonds is 7. The number of carbonyl (C=O) groups excluding carboxylic acids is 1. The monoisotopic (exact) mass is 358 g/mol. The van der Waals surface area contributed by atoms with Crippen LogP contribution in [0.1, 0.15) is 19.4 Å². The predicted octanol–water partition coefficient (Wildman–Crippen LogP) is 2.42. The molecular weight excluding hydrogens is 336 g/mol. The number of benzene rings is 1. The number of methoxy groups -OCH3 is 1. The third kappa shape index (κ3) is 4.89. The van der Waals surface area contributed by atoms with Gasteiger partial charge >= 0.3 is 0 Å². The minimum absolute atomic E-state index is 0.0966. The Morgan fingerprint density at radius 3 is 2.62 bits per heavy atom. The number of hydrogen-bond donors (Lipinski definition) is 1. The Kier molecular flexibility index (Phi) is 6.98. The van der Waals surface area contributed by atoms with Gasteiger partial charge in [0.2, 0.25) is 0 Å². The maximum Gasteiger partial charge on any atom is 0.262 e. The molecule has 0 aliphatic carbocycles. The summed E-state index contributed by atoms with van der Waals surface area (Å²) in [6, 6.07) is 3.88. The molecule has 0 aliphatic rings. The first-order valence-corrected chi connectivity index (χ1v) is 7.64. The van der Waals surface area contributed by atoms with Gasteiger partial charge in [-0.05, 0) is 47.1 Å². The lowest BCUT2D eigenvalue weighted by Crippen LogP contribution is -2.35. The molecule has 0 saturated heterocycles. The lowest BCUT2D eigenvalue weighted by atomic mass is 10.2. The molecule has 0 saturated carbocycles. The van der Waals surface area contributed by atoms with Gasteiger partial charge in [0.05, 0.1) is 11.6 Å². The highest BCUT2D eigenvalue weighted by molar-refractivity contribution is 9.10. The molecule has 21 heavy (non-hydrogen) atoms. The van der Waals surface area contributed by atoms with E-state index >= 15 is 0 Å². The van der Waals surface area contributed by atoms with Crippen LogP contribution in [0.25, 0.3) is 0 Å². The molecule has 1 atom stereocenters. The fourth-order valence-electron chi connectivity index (χ4n) is 1.85. The highest BCUT2D eigenvalue weighted by Gasteiger charge is 2.20. The minimum atomic E-state index is -0.579. The van der Waals surface area contributed by atoms with Crippen LogP contribution < -0.4 is 14.8 Å². The quantitative estimate of drug-likeness (QED) is 0.813. The number of carbonyl (C=O) groups is 1. The first kappa shape index (κ1) is 17.8. The van der Waals surface area contributed by atoms with Crippen LogP contribution in [-0.4, -0.2) is 44.7 Å². The van der Waals surface area contributed by atoms with Crippen LogP contribution in [-0.2, 0) is 11.3 Å². The molecule has 1 amide bonds. The standard InChI is InChI=1S/C15H23BrN2O3/c1-6-17-9-11-7-12(16)14(13(8-11)20-5)21-10(2)15(19)18(3)4/h7-8,10,17H,6,9H2,1-5H3. The van der Waals surface area contributed by atoms with Gasteiger partial charge in [0.15, 0.2) is 17.6 Å². The maximum absolute atomic E-state index is 11.9. The van der Waals surface area contributed by atoms with Crippen molar-refractivity contribution in [1.82, 2.24) is 10.2 Å². The van der Waals surface area contributed by atoms with Crippen molar-refractivity contribution in [2.75, 3.05) is 27.7 Å². The lowest BCUT2D eigenvalue weighted by molar-refractivity contribution is -0.135. The van der Waals surface area contributed by atoms with Crippen molar-refractivity contribution >= 4 is 21.8 Å². The van der Waals surface area contributed by atoms with Crippen LogP contribution in [0.3, 0.4) is 0 Å². The van der Waals surface area contributed by atoms with Crippen molar-refractivity contribution in [3.05, 3.63) is 22.2 Å². The van der Waals surface area contributed by atoms with Crippen LogP contribution in [0.15, 0.2) is 16.6 Å². The second-order valence-corrected chi connectivity index (χ2v) is 5.74. The summed E-state index contributed by atoms with van der Waals surface area (Å²) >= 11 is 3.49. The zero-order valence-electron chi connectivity index (χ0n) is 13.2. The molecule has 0 radical (unpaired) electrons. The molecule has 0 bridgehead atoms. The molecule has 1 unspecified atom stereocenters. The van der Waals surface area contributed by atoms with E-state index in [9.17, 15) is 4.79 Å². The van der Waals surface area contributed by atoms with E-state index < -0.39 is 6.10 Å². The first-order chi connectivity index (χ1) is 9.90. The zero-order valence-corrected chi connectivity index (χ0v) is 14.8. The fourth-order valence-corrected chi connectivity index (χ4v) is 2.43. The third-order valence-electron chi connectivity index (χ3n) is 2.95. The highest BCUT2D eigenvalue weighted by atomic mass is 79.9. The minimum Gasteiger partial charge on any atom is -0.493 e. The van der Waals surface area contributed by atoms with Gasteiger partial charge in [0, 0.05) is 20.6 Å². The van der Waals surface area contributed by atoms with E-state index in [-0.39, 0.29) is 5.91 Å². The average Bonchev–Trinajstić information content (AvgIpc) is 2.45. The Bertz CT molecular complexity index is 492. The number of hydrogen-bond acceptors (Lipinski definition) is 4. The Morgan fingerprint density at radius 1 is 1.43 bits per heavy atom. The molecule has 1 aromatic carbocycles. The van der Waals surface area contributed by atoms with Crippen molar-refractivity contribution < 1.29 is 14.3 Å². The van der Waals surface area contributed by atoms with Gasteiger partial charge in [-0.15, -0.1) is 0 Å². The maximum atomic E-state index is 11.9. The van der Waals surface area contributed by atoms with Crippen molar-refractivity contribution in [2.24, 2.45) is 0 Å². The summed E-state index contributed by atoms with van der Waals surface area (Å²) in [5, 5.41) is 3.26. The summed E-state index contributed by atoms with van der Waals surface area (Å²) in [5.41, 5.74) is 1.08. The number of halogens is 1. The molecule has 0 fully saturated rings. The van der Waals surface area contributed by atoms with Gasteiger partial charge in [-0.25, -0.2) is 0 Å². The molecule has 6 heteroatoms. The molecular formula is C15H23BrN2O3. The van der Waals surface area contributed by atoms with Crippen LogP contribution in [0.4, 0.5) is 0 Å². The van der Waals surface area contributed by atoms with Crippen LogP contribution in [0.5, 0.6) is 11.5 Å². The molecule has 5 nitrogen and oxygen atoms in total. The number of nitrogens with one attached hydrogen (secondary N) is 1. The summed E-state index contributed by atoms with van der Waals surface area (Å²) in [4.78, 5) is 13.4.